The number of carbonyl (C=O) groups is 4. The van der Waals surface area contributed by atoms with Crippen LogP contribution in [0.5, 0.6) is 11.6 Å². The Labute approximate surface area is 346 Å². The number of likely N-dealkylation sites (tertiary alicyclic amines) is 1. The van der Waals surface area contributed by atoms with Crippen LogP contribution < -0.4 is 20.7 Å². The number of halogens is 3. The molecule has 0 spiro atoms. The Kier molecular flexibility index (Phi) is 27.4. The summed E-state index contributed by atoms with van der Waals surface area (Å²) in [6, 6.07) is 20.6. The molecule has 2 fully saturated rings. The molecule has 0 aliphatic carbocycles. The van der Waals surface area contributed by atoms with Crippen molar-refractivity contribution >= 4 is 36.9 Å². The van der Waals surface area contributed by atoms with Crippen molar-refractivity contribution in [3.63, 3.8) is 0 Å². The molecular formula is C43H60F3N7O6. The van der Waals surface area contributed by atoms with E-state index in [0.717, 1.165) is 62.9 Å². The van der Waals surface area contributed by atoms with Gasteiger partial charge in [0, 0.05) is 62.8 Å². The van der Waals surface area contributed by atoms with Crippen molar-refractivity contribution in [1.29, 1.82) is 0 Å². The van der Waals surface area contributed by atoms with Gasteiger partial charge in [-0.15, -0.1) is 0 Å². The number of nitrogens with zero attached hydrogens (tertiary/aromatic N) is 5. The monoisotopic (exact) mass is 827 g/mol. The minimum absolute atomic E-state index is 0. The zero-order valence-electron chi connectivity index (χ0n) is 34.0. The lowest BCUT2D eigenvalue weighted by atomic mass is 10.0. The molecule has 3 N–H and O–H groups in total. The number of rotatable bonds is 10. The predicted molar refractivity (Wildman–Crippen MR) is 227 cm³/mol. The summed E-state index contributed by atoms with van der Waals surface area (Å²) in [6.07, 6.45) is 2.76. The summed E-state index contributed by atoms with van der Waals surface area (Å²) in [5.41, 5.74) is 9.49. The van der Waals surface area contributed by atoms with E-state index in [-0.39, 0.29) is 19.2 Å². The maximum atomic E-state index is 14.3. The first-order valence-electron chi connectivity index (χ1n) is 18.5. The summed E-state index contributed by atoms with van der Waals surface area (Å²) < 4.78 is 44.8. The van der Waals surface area contributed by atoms with Crippen LogP contribution in [0.4, 0.5) is 29.3 Å². The third-order valence-corrected chi connectivity index (χ3v) is 8.71. The highest BCUT2D eigenvalue weighted by Gasteiger charge is 2.30. The lowest BCUT2D eigenvalue weighted by molar-refractivity contribution is -0.0987. The standard InChI is InChI=1S/C36H40FN7O4.C2H6.2CH3F.2CH2O.CH4/c1-25-27(7-12-34(40-25)48-32-9-5-26(6-10-32)23-43-17-19-47-20-18-43)24-42-15-13-30(14-16-42)44(31-4-2-3-28(37)21-31)36(46)41-29-8-11-33(35(38)45)39-22-29;5*1-2;/h2-12,21-22,30H,13-20,23-24H2,1H3,(H2,38,45)(H,41,46);1-2H3;2*1H3;2*1H2;1H4. The van der Waals surface area contributed by atoms with Crippen molar-refractivity contribution < 1.29 is 41.8 Å². The molecule has 13 nitrogen and oxygen atoms in total. The fourth-order valence-electron chi connectivity index (χ4n) is 6.09. The van der Waals surface area contributed by atoms with E-state index in [0.29, 0.717) is 51.0 Å². The van der Waals surface area contributed by atoms with E-state index in [2.05, 4.69) is 38.3 Å². The number of aromatic nitrogens is 2. The minimum atomic E-state index is -0.655. The van der Waals surface area contributed by atoms with Crippen LogP contribution in [0.3, 0.4) is 0 Å². The van der Waals surface area contributed by atoms with Crippen molar-refractivity contribution in [1.82, 2.24) is 19.8 Å². The predicted octanol–water partition coefficient (Wildman–Crippen LogP) is 7.81. The highest BCUT2D eigenvalue weighted by molar-refractivity contribution is 6.02. The number of hydrogen-bond acceptors (Lipinski definition) is 10. The van der Waals surface area contributed by atoms with E-state index in [9.17, 15) is 22.8 Å². The fraction of sp³-hybridized carbons (Fsp3) is 0.395. The molecule has 6 rings (SSSR count). The number of hydrogen-bond donors (Lipinski definition) is 2. The summed E-state index contributed by atoms with van der Waals surface area (Å²) in [6.45, 7) is 16.6. The van der Waals surface area contributed by atoms with Crippen molar-refractivity contribution in [2.45, 2.75) is 60.2 Å². The molecule has 2 aliphatic rings. The Hall–Kier alpha value is -5.71. The summed E-state index contributed by atoms with van der Waals surface area (Å²) in [7, 11) is 1.00. The zero-order chi connectivity index (χ0) is 43.5. The molecule has 0 radical (unpaired) electrons. The van der Waals surface area contributed by atoms with Gasteiger partial charge in [0.2, 0.25) is 5.88 Å². The summed E-state index contributed by atoms with van der Waals surface area (Å²) in [5.74, 6) is 0.212. The number of anilines is 2. The topological polar surface area (TPSA) is 160 Å². The van der Waals surface area contributed by atoms with E-state index in [4.69, 9.17) is 29.8 Å². The highest BCUT2D eigenvalue weighted by atomic mass is 19.1. The van der Waals surface area contributed by atoms with Gasteiger partial charge in [0.05, 0.1) is 39.5 Å². The van der Waals surface area contributed by atoms with Crippen molar-refractivity contribution in [2.75, 3.05) is 64.0 Å². The second kappa shape index (κ2) is 30.4. The van der Waals surface area contributed by atoms with Gasteiger partial charge in [-0.3, -0.25) is 28.3 Å². The fourth-order valence-corrected chi connectivity index (χ4v) is 6.09. The smallest absolute Gasteiger partial charge is 0.326 e. The number of pyridine rings is 2. The van der Waals surface area contributed by atoms with Crippen molar-refractivity contribution in [3.05, 3.63) is 107 Å². The first kappa shape index (κ1) is 53.3. The second-order valence-electron chi connectivity index (χ2n) is 12.1. The van der Waals surface area contributed by atoms with E-state index in [1.165, 1.54) is 30.0 Å². The third kappa shape index (κ3) is 17.4. The molecule has 4 aromatic rings. The van der Waals surface area contributed by atoms with Crippen LogP contribution in [-0.2, 0) is 27.4 Å². The van der Waals surface area contributed by atoms with Crippen LogP contribution in [-0.4, -0.2) is 105 Å². The highest BCUT2D eigenvalue weighted by Crippen LogP contribution is 2.28. The van der Waals surface area contributed by atoms with E-state index in [1.54, 1.807) is 23.1 Å². The average molecular weight is 828 g/mol. The SMILES string of the molecule is C.C=O.C=O.CC.CF.CF.Cc1nc(Oc2ccc(CN3CCOCC3)cc2)ccc1CN1CCC(N(C(=O)Nc2ccc(C(N)=O)nc2)c2cccc(F)c2)CC1. The maximum Gasteiger partial charge on any atom is 0.326 e. The largest absolute Gasteiger partial charge is 0.439 e. The van der Waals surface area contributed by atoms with Crippen molar-refractivity contribution in [3.8, 4) is 11.6 Å². The van der Waals surface area contributed by atoms with E-state index >= 15 is 0 Å². The van der Waals surface area contributed by atoms with Gasteiger partial charge in [-0.1, -0.05) is 45.5 Å². The number of urea groups is 1. The number of amides is 3. The van der Waals surface area contributed by atoms with Crippen LogP contribution in [0.25, 0.3) is 0 Å². The van der Waals surface area contributed by atoms with Crippen LogP contribution in [0.15, 0.2) is 79.0 Å². The van der Waals surface area contributed by atoms with Gasteiger partial charge >= 0.3 is 6.03 Å². The van der Waals surface area contributed by atoms with Crippen LogP contribution in [0, 0.1) is 12.7 Å². The number of carbonyl (C=O) groups excluding carboxylic acids is 4. The molecule has 2 aliphatic heterocycles. The Morgan fingerprint density at radius 2 is 1.49 bits per heavy atom. The third-order valence-electron chi connectivity index (χ3n) is 8.71. The van der Waals surface area contributed by atoms with Crippen LogP contribution >= 0.6 is 0 Å². The number of benzene rings is 2. The molecule has 324 valence electrons. The first-order valence-corrected chi connectivity index (χ1v) is 18.5. The number of primary amides is 1. The first-order chi connectivity index (χ1) is 28.3. The second-order valence-corrected chi connectivity index (χ2v) is 12.1. The number of piperidine rings is 1. The minimum Gasteiger partial charge on any atom is -0.439 e. The van der Waals surface area contributed by atoms with Gasteiger partial charge in [0.1, 0.15) is 30.8 Å². The molecule has 2 saturated heterocycles. The summed E-state index contributed by atoms with van der Waals surface area (Å²) in [5, 5.41) is 2.83. The van der Waals surface area contributed by atoms with Gasteiger partial charge < -0.3 is 30.1 Å². The number of nitrogens with two attached hydrogens (primary N) is 1. The molecule has 16 heteroatoms. The van der Waals surface area contributed by atoms with Gasteiger partial charge in [-0.2, -0.15) is 0 Å². The lowest BCUT2D eigenvalue weighted by Crippen LogP contribution is -2.49. The average Bonchev–Trinajstić information content (AvgIpc) is 3.27. The molecule has 4 heterocycles. The molecular weight excluding hydrogens is 768 g/mol. The Bertz CT molecular complexity index is 1760. The summed E-state index contributed by atoms with van der Waals surface area (Å²) >= 11 is 0. The van der Waals surface area contributed by atoms with Gasteiger partial charge in [-0.05, 0) is 73.4 Å². The Morgan fingerprint density at radius 1 is 0.881 bits per heavy atom. The molecule has 0 atom stereocenters. The van der Waals surface area contributed by atoms with Crippen molar-refractivity contribution in [2.24, 2.45) is 5.73 Å². The van der Waals surface area contributed by atoms with Crippen LogP contribution in [0.2, 0.25) is 0 Å². The number of ether oxygens (including phenoxy) is 2. The molecule has 2 aromatic heterocycles. The Balaban J connectivity index is 0.00000285. The quantitative estimate of drug-likeness (QED) is 0.161. The number of aryl methyl sites for hydroxylation is 1. The van der Waals surface area contributed by atoms with Gasteiger partial charge in [0.15, 0.2) is 0 Å². The van der Waals surface area contributed by atoms with Gasteiger partial charge in [0.25, 0.3) is 5.91 Å². The lowest BCUT2D eigenvalue weighted by Gasteiger charge is -2.38. The van der Waals surface area contributed by atoms with Crippen LogP contribution in [0.1, 0.15) is 61.4 Å². The molecule has 0 saturated carbocycles. The molecule has 0 bridgehead atoms. The van der Waals surface area contributed by atoms with E-state index < -0.39 is 17.8 Å². The number of morpholine rings is 1. The molecule has 2 aromatic carbocycles. The molecule has 3 amide bonds. The maximum absolute atomic E-state index is 14.3. The molecule has 0 unspecified atom stereocenters. The summed E-state index contributed by atoms with van der Waals surface area (Å²) in [4.78, 5) is 56.0. The zero-order valence-corrected chi connectivity index (χ0v) is 34.0. The van der Waals surface area contributed by atoms with E-state index in [1.807, 2.05) is 52.5 Å². The number of nitrogens with one attached hydrogen (secondary N) is 1. The molecule has 59 heavy (non-hydrogen) atoms. The number of alkyl halides is 2. The normalized spacial score (nSPS) is 13.4. The van der Waals surface area contributed by atoms with Gasteiger partial charge in [-0.25, -0.2) is 19.2 Å². The Morgan fingerprint density at radius 3 is 2.03 bits per heavy atom.